The van der Waals surface area contributed by atoms with Gasteiger partial charge in [-0.3, -0.25) is 4.90 Å². The van der Waals surface area contributed by atoms with E-state index in [1.165, 1.54) is 6.07 Å². The number of hydrogen-bond donors (Lipinski definition) is 1. The van der Waals surface area contributed by atoms with Gasteiger partial charge in [-0.2, -0.15) is 0 Å². The van der Waals surface area contributed by atoms with Gasteiger partial charge in [0.25, 0.3) is 0 Å². The van der Waals surface area contributed by atoms with Crippen molar-refractivity contribution in [3.8, 4) is 5.75 Å². The first kappa shape index (κ1) is 14.0. The van der Waals surface area contributed by atoms with Crippen molar-refractivity contribution in [2.45, 2.75) is 18.7 Å². The lowest BCUT2D eigenvalue weighted by Crippen LogP contribution is -2.40. The lowest BCUT2D eigenvalue weighted by molar-refractivity contribution is 0.00518. The molecule has 0 saturated carbocycles. The van der Waals surface area contributed by atoms with E-state index in [0.717, 1.165) is 5.56 Å². The van der Waals surface area contributed by atoms with Gasteiger partial charge in [-0.25, -0.2) is 4.39 Å². The van der Waals surface area contributed by atoms with E-state index in [-0.39, 0.29) is 24.2 Å². The highest BCUT2D eigenvalue weighted by molar-refractivity contribution is 5.40. The molecule has 2 unspecified atom stereocenters. The summed E-state index contributed by atoms with van der Waals surface area (Å²) in [6.45, 7) is 0.788. The van der Waals surface area contributed by atoms with Crippen molar-refractivity contribution in [3.63, 3.8) is 0 Å². The van der Waals surface area contributed by atoms with Crippen LogP contribution < -0.4 is 4.74 Å². The number of halogens is 1. The van der Waals surface area contributed by atoms with Gasteiger partial charge in [0.1, 0.15) is 12.7 Å². The first-order valence-corrected chi connectivity index (χ1v) is 7.00. The van der Waals surface area contributed by atoms with Crippen LogP contribution in [-0.4, -0.2) is 29.8 Å². The van der Waals surface area contributed by atoms with Crippen LogP contribution in [0.2, 0.25) is 0 Å². The number of para-hydroxylation sites is 1. The summed E-state index contributed by atoms with van der Waals surface area (Å²) in [7, 11) is 1.93. The second kappa shape index (κ2) is 5.84. The summed E-state index contributed by atoms with van der Waals surface area (Å²) < 4.78 is 19.2. The van der Waals surface area contributed by atoms with Crippen LogP contribution in [0.15, 0.2) is 48.5 Å². The van der Waals surface area contributed by atoms with E-state index >= 15 is 0 Å². The molecule has 2 atom stereocenters. The summed E-state index contributed by atoms with van der Waals surface area (Å²) in [5.41, 5.74) is 1.85. The van der Waals surface area contributed by atoms with Gasteiger partial charge >= 0.3 is 0 Å². The molecular formula is C17H18FNO2. The predicted octanol–water partition coefficient (Wildman–Crippen LogP) is 2.75. The van der Waals surface area contributed by atoms with E-state index in [1.54, 1.807) is 6.07 Å². The van der Waals surface area contributed by atoms with Crippen LogP contribution in [0.1, 0.15) is 17.2 Å². The average molecular weight is 287 g/mol. The normalized spacial score (nSPS) is 21.0. The SMILES string of the molecule is CN(Cc1ccccc1)C1c2cccc(F)c2OCC1O. The van der Waals surface area contributed by atoms with E-state index in [2.05, 4.69) is 0 Å². The third-order valence-corrected chi connectivity index (χ3v) is 3.83. The highest BCUT2D eigenvalue weighted by Crippen LogP contribution is 2.37. The summed E-state index contributed by atoms with van der Waals surface area (Å²) in [5, 5.41) is 10.3. The molecule has 0 aromatic heterocycles. The number of benzene rings is 2. The van der Waals surface area contributed by atoms with E-state index in [4.69, 9.17) is 4.74 Å². The fourth-order valence-electron chi connectivity index (χ4n) is 2.88. The lowest BCUT2D eigenvalue weighted by atomic mass is 9.96. The van der Waals surface area contributed by atoms with Crippen molar-refractivity contribution in [2.24, 2.45) is 0 Å². The summed E-state index contributed by atoms with van der Waals surface area (Å²) in [6.07, 6.45) is -0.673. The number of fused-ring (bicyclic) bond motifs is 1. The Morgan fingerprint density at radius 1 is 1.19 bits per heavy atom. The van der Waals surface area contributed by atoms with E-state index in [1.807, 2.05) is 48.3 Å². The van der Waals surface area contributed by atoms with Crippen LogP contribution in [0.4, 0.5) is 4.39 Å². The van der Waals surface area contributed by atoms with E-state index < -0.39 is 6.10 Å². The van der Waals surface area contributed by atoms with Crippen molar-refractivity contribution in [1.29, 1.82) is 0 Å². The van der Waals surface area contributed by atoms with Gasteiger partial charge in [0.2, 0.25) is 0 Å². The Morgan fingerprint density at radius 3 is 2.71 bits per heavy atom. The Balaban J connectivity index is 1.89. The number of ether oxygens (including phenoxy) is 1. The molecule has 21 heavy (non-hydrogen) atoms. The van der Waals surface area contributed by atoms with Crippen LogP contribution in [0, 0.1) is 5.82 Å². The summed E-state index contributed by atoms with van der Waals surface area (Å²) in [6, 6.07) is 14.6. The summed E-state index contributed by atoms with van der Waals surface area (Å²) in [5.74, 6) is -0.120. The lowest BCUT2D eigenvalue weighted by Gasteiger charge is -2.36. The quantitative estimate of drug-likeness (QED) is 0.942. The maximum atomic E-state index is 13.8. The number of aliphatic hydroxyl groups is 1. The fourth-order valence-corrected chi connectivity index (χ4v) is 2.88. The molecule has 2 aromatic carbocycles. The highest BCUT2D eigenvalue weighted by Gasteiger charge is 2.33. The van der Waals surface area contributed by atoms with Gasteiger partial charge in [0.05, 0.1) is 6.04 Å². The van der Waals surface area contributed by atoms with Gasteiger partial charge < -0.3 is 9.84 Å². The van der Waals surface area contributed by atoms with Crippen molar-refractivity contribution >= 4 is 0 Å². The molecule has 2 aromatic rings. The van der Waals surface area contributed by atoms with Crippen LogP contribution in [0.3, 0.4) is 0 Å². The smallest absolute Gasteiger partial charge is 0.165 e. The molecule has 0 bridgehead atoms. The molecule has 0 amide bonds. The minimum Gasteiger partial charge on any atom is -0.487 e. The number of hydrogen-bond acceptors (Lipinski definition) is 3. The van der Waals surface area contributed by atoms with Gasteiger partial charge in [-0.05, 0) is 18.7 Å². The Hall–Kier alpha value is -1.91. The molecule has 1 N–H and O–H groups in total. The van der Waals surface area contributed by atoms with Gasteiger partial charge in [-0.15, -0.1) is 0 Å². The minimum absolute atomic E-state index is 0.109. The first-order valence-electron chi connectivity index (χ1n) is 7.00. The zero-order valence-electron chi connectivity index (χ0n) is 11.9. The maximum absolute atomic E-state index is 13.8. The number of rotatable bonds is 3. The second-order valence-electron chi connectivity index (χ2n) is 5.38. The summed E-state index contributed by atoms with van der Waals surface area (Å²) in [4.78, 5) is 2.03. The molecule has 1 aliphatic rings. The molecule has 4 heteroatoms. The third-order valence-electron chi connectivity index (χ3n) is 3.83. The Kier molecular flexibility index (Phi) is 3.90. The zero-order valence-corrected chi connectivity index (χ0v) is 11.9. The zero-order chi connectivity index (χ0) is 14.8. The molecule has 0 fully saturated rings. The van der Waals surface area contributed by atoms with Crippen LogP contribution in [-0.2, 0) is 6.54 Å². The molecule has 1 heterocycles. The molecule has 3 nitrogen and oxygen atoms in total. The largest absolute Gasteiger partial charge is 0.487 e. The molecule has 3 rings (SSSR count). The highest BCUT2D eigenvalue weighted by atomic mass is 19.1. The number of nitrogens with zero attached hydrogens (tertiary/aromatic N) is 1. The molecule has 1 aliphatic heterocycles. The van der Waals surface area contributed by atoms with Crippen LogP contribution in [0.5, 0.6) is 5.75 Å². The Labute approximate surface area is 123 Å². The topological polar surface area (TPSA) is 32.7 Å². The van der Waals surface area contributed by atoms with Gasteiger partial charge in [0.15, 0.2) is 11.6 Å². The molecule has 0 aliphatic carbocycles. The standard InChI is InChI=1S/C17H18FNO2/c1-19(10-12-6-3-2-4-7-12)16-13-8-5-9-14(18)17(13)21-11-15(16)20/h2-9,15-16,20H,10-11H2,1H3. The van der Waals surface area contributed by atoms with Crippen molar-refractivity contribution in [3.05, 3.63) is 65.5 Å². The van der Waals surface area contributed by atoms with Crippen molar-refractivity contribution < 1.29 is 14.2 Å². The molecular weight excluding hydrogens is 269 g/mol. The molecule has 0 radical (unpaired) electrons. The van der Waals surface area contributed by atoms with Crippen LogP contribution in [0.25, 0.3) is 0 Å². The number of likely N-dealkylation sites (N-methyl/N-ethyl adjacent to an activating group) is 1. The van der Waals surface area contributed by atoms with E-state index in [0.29, 0.717) is 12.1 Å². The minimum atomic E-state index is -0.673. The first-order chi connectivity index (χ1) is 10.2. The van der Waals surface area contributed by atoms with Gasteiger partial charge in [-0.1, -0.05) is 42.5 Å². The average Bonchev–Trinajstić information content (AvgIpc) is 2.48. The number of aliphatic hydroxyl groups excluding tert-OH is 1. The summed E-state index contributed by atoms with van der Waals surface area (Å²) >= 11 is 0. The maximum Gasteiger partial charge on any atom is 0.165 e. The third kappa shape index (κ3) is 2.77. The van der Waals surface area contributed by atoms with E-state index in [9.17, 15) is 9.50 Å². The predicted molar refractivity (Wildman–Crippen MR) is 78.6 cm³/mol. The fraction of sp³-hybridized carbons (Fsp3) is 0.294. The van der Waals surface area contributed by atoms with Crippen molar-refractivity contribution in [2.75, 3.05) is 13.7 Å². The second-order valence-corrected chi connectivity index (χ2v) is 5.38. The van der Waals surface area contributed by atoms with Crippen LogP contribution >= 0.6 is 0 Å². The Bertz CT molecular complexity index is 617. The van der Waals surface area contributed by atoms with Gasteiger partial charge in [0, 0.05) is 12.1 Å². The van der Waals surface area contributed by atoms with Crippen molar-refractivity contribution in [1.82, 2.24) is 4.90 Å². The monoisotopic (exact) mass is 287 g/mol. The molecule has 110 valence electrons. The molecule has 0 saturated heterocycles. The Morgan fingerprint density at radius 2 is 1.95 bits per heavy atom. The molecule has 0 spiro atoms.